The number of amides is 2. The van der Waals surface area contributed by atoms with E-state index in [1.165, 1.54) is 11.8 Å². The highest BCUT2D eigenvalue weighted by molar-refractivity contribution is 8.02. The van der Waals surface area contributed by atoms with Gasteiger partial charge in [-0.05, 0) is 45.9 Å². The molecule has 1 heterocycles. The summed E-state index contributed by atoms with van der Waals surface area (Å²) < 4.78 is 4.43. The van der Waals surface area contributed by atoms with Crippen molar-refractivity contribution < 1.29 is 19.1 Å². The molecule has 0 spiro atoms. The van der Waals surface area contributed by atoms with Gasteiger partial charge in [-0.1, -0.05) is 6.07 Å². The molecule has 2 rings (SSSR count). The van der Waals surface area contributed by atoms with Gasteiger partial charge in [-0.2, -0.15) is 0 Å². The Bertz CT molecular complexity index is 865. The van der Waals surface area contributed by atoms with Crippen LogP contribution in [0.4, 0.5) is 5.69 Å². The Morgan fingerprint density at radius 1 is 1.32 bits per heavy atom. The molecule has 0 bridgehead atoms. The average molecular weight is 451 g/mol. The largest absolute Gasteiger partial charge is 0.460 e. The van der Waals surface area contributed by atoms with Crippen molar-refractivity contribution in [2.75, 3.05) is 18.4 Å². The number of rotatable bonds is 7. The van der Waals surface area contributed by atoms with E-state index in [0.717, 1.165) is 0 Å². The number of carbonyl (C=O) groups is 3. The lowest BCUT2D eigenvalue weighted by molar-refractivity contribution is -0.154. The van der Waals surface area contributed by atoms with Gasteiger partial charge in [-0.3, -0.25) is 19.7 Å². The van der Waals surface area contributed by atoms with Gasteiger partial charge in [0, 0.05) is 24.3 Å². The summed E-state index contributed by atoms with van der Waals surface area (Å²) in [6, 6.07) is 6.56. The number of nitrogens with two attached hydrogens (primary N) is 2. The fraction of sp³-hybridized carbons (Fsp3) is 0.500. The summed E-state index contributed by atoms with van der Waals surface area (Å²) in [5.41, 5.74) is 10.7. The van der Waals surface area contributed by atoms with E-state index < -0.39 is 15.8 Å². The van der Waals surface area contributed by atoms with Gasteiger partial charge in [0.1, 0.15) is 10.3 Å². The number of ether oxygens (including phenoxy) is 1. The third-order valence-corrected chi connectivity index (χ3v) is 5.50. The molecular formula is C20H30N6O4S. The van der Waals surface area contributed by atoms with E-state index in [-0.39, 0.29) is 36.7 Å². The summed E-state index contributed by atoms with van der Waals surface area (Å²) in [6.07, 6.45) is 0.0684. The Kier molecular flexibility index (Phi) is 7.91. The smallest absolute Gasteiger partial charge is 0.308 e. The number of guanidine groups is 1. The highest BCUT2D eigenvalue weighted by atomic mass is 32.2. The maximum absolute atomic E-state index is 12.8. The highest BCUT2D eigenvalue weighted by Gasteiger charge is 2.42. The van der Waals surface area contributed by atoms with Crippen LogP contribution in [0.15, 0.2) is 29.3 Å². The monoisotopic (exact) mass is 450 g/mol. The van der Waals surface area contributed by atoms with Crippen LogP contribution in [-0.2, 0) is 14.3 Å². The minimum Gasteiger partial charge on any atom is -0.460 e. The summed E-state index contributed by atoms with van der Waals surface area (Å²) in [4.78, 5) is 40.9. The van der Waals surface area contributed by atoms with Crippen LogP contribution < -0.4 is 27.4 Å². The van der Waals surface area contributed by atoms with Crippen LogP contribution in [0.1, 0.15) is 44.5 Å². The Morgan fingerprint density at radius 2 is 2.03 bits per heavy atom. The fourth-order valence-electron chi connectivity index (χ4n) is 2.73. The zero-order valence-electron chi connectivity index (χ0n) is 18.2. The molecule has 2 unspecified atom stereocenters. The van der Waals surface area contributed by atoms with E-state index in [9.17, 15) is 14.4 Å². The highest BCUT2D eigenvalue weighted by Crippen LogP contribution is 2.35. The molecule has 0 radical (unpaired) electrons. The Morgan fingerprint density at radius 3 is 2.68 bits per heavy atom. The Hall–Kier alpha value is -2.79. The van der Waals surface area contributed by atoms with Gasteiger partial charge in [0.25, 0.3) is 5.91 Å². The summed E-state index contributed by atoms with van der Waals surface area (Å²) >= 11 is 1.30. The van der Waals surface area contributed by atoms with Crippen LogP contribution in [0.5, 0.6) is 0 Å². The molecule has 1 aliphatic rings. The zero-order chi connectivity index (χ0) is 23.2. The average Bonchev–Trinajstić information content (AvgIpc) is 3.01. The number of carbonyl (C=O) groups excluding carboxylic acids is 3. The first-order valence-electron chi connectivity index (χ1n) is 9.79. The molecule has 10 nitrogen and oxygen atoms in total. The van der Waals surface area contributed by atoms with E-state index in [0.29, 0.717) is 17.8 Å². The molecule has 2 atom stereocenters. The number of hydrogen-bond donors (Lipinski definition) is 5. The third kappa shape index (κ3) is 7.76. The summed E-state index contributed by atoms with van der Waals surface area (Å²) in [7, 11) is 0. The lowest BCUT2D eigenvalue weighted by Gasteiger charge is -2.21. The van der Waals surface area contributed by atoms with Crippen molar-refractivity contribution in [3.63, 3.8) is 0 Å². The molecule has 7 N–H and O–H groups in total. The standard InChI is InChI=1S/C20H30N6O4S/c1-19(2,3)30-14(27)8-9-23-15(28)12-6-5-7-13(10-12)25-16(29)20(4)11-24-18(31-20)26-17(21)22/h5-7,10,18,24H,8-9,11H2,1-4H3,(H,23,28)(H,25,29)(H4,21,22,26). The molecule has 2 amide bonds. The van der Waals surface area contributed by atoms with E-state index in [2.05, 4.69) is 20.9 Å². The first-order valence-corrected chi connectivity index (χ1v) is 10.7. The van der Waals surface area contributed by atoms with Gasteiger partial charge >= 0.3 is 5.97 Å². The second-order valence-electron chi connectivity index (χ2n) is 8.26. The Balaban J connectivity index is 1.91. The maximum atomic E-state index is 12.8. The fourth-order valence-corrected chi connectivity index (χ4v) is 3.89. The van der Waals surface area contributed by atoms with E-state index in [1.54, 1.807) is 52.0 Å². The second kappa shape index (κ2) is 10.0. The number of esters is 1. The second-order valence-corrected chi connectivity index (χ2v) is 9.85. The molecule has 11 heteroatoms. The van der Waals surface area contributed by atoms with Gasteiger partial charge in [-0.25, -0.2) is 4.99 Å². The minimum absolute atomic E-state index is 0.0555. The normalized spacial score (nSPS) is 20.6. The van der Waals surface area contributed by atoms with Crippen molar-refractivity contribution in [1.82, 2.24) is 10.6 Å². The number of aliphatic imine (C=N–C) groups is 1. The van der Waals surface area contributed by atoms with Crippen molar-refractivity contribution in [1.29, 1.82) is 0 Å². The molecule has 1 aromatic carbocycles. The number of nitrogens with one attached hydrogen (secondary N) is 3. The summed E-state index contributed by atoms with van der Waals surface area (Å²) in [6.45, 7) is 7.67. The minimum atomic E-state index is -0.782. The summed E-state index contributed by atoms with van der Waals surface area (Å²) in [5, 5.41) is 8.58. The van der Waals surface area contributed by atoms with Crippen LogP contribution in [0, 0.1) is 0 Å². The molecule has 1 aliphatic heterocycles. The molecule has 1 fully saturated rings. The van der Waals surface area contributed by atoms with Gasteiger partial charge in [-0.15, -0.1) is 11.8 Å². The van der Waals surface area contributed by atoms with Crippen LogP contribution in [0.25, 0.3) is 0 Å². The summed E-state index contributed by atoms with van der Waals surface area (Å²) in [5.74, 6) is -1.03. The van der Waals surface area contributed by atoms with Gasteiger partial charge in [0.2, 0.25) is 5.91 Å². The van der Waals surface area contributed by atoms with Gasteiger partial charge in [0.15, 0.2) is 11.5 Å². The first kappa shape index (κ1) is 24.5. The lowest BCUT2D eigenvalue weighted by atomic mass is 10.1. The molecule has 0 saturated carbocycles. The third-order valence-electron chi connectivity index (χ3n) is 4.15. The Labute approximate surface area is 185 Å². The number of nitrogens with zero attached hydrogens (tertiary/aromatic N) is 1. The molecule has 1 saturated heterocycles. The molecule has 0 aromatic heterocycles. The van der Waals surface area contributed by atoms with Crippen LogP contribution >= 0.6 is 11.8 Å². The molecule has 0 aliphatic carbocycles. The number of hydrogen-bond acceptors (Lipinski definition) is 7. The number of anilines is 1. The maximum Gasteiger partial charge on any atom is 0.308 e. The van der Waals surface area contributed by atoms with Crippen molar-refractivity contribution in [2.24, 2.45) is 16.5 Å². The molecule has 31 heavy (non-hydrogen) atoms. The SMILES string of the molecule is CC(C)(C)OC(=O)CCNC(=O)c1cccc(NC(=O)C2(C)CNC(N=C(N)N)S2)c1. The van der Waals surface area contributed by atoms with Crippen LogP contribution in [0.3, 0.4) is 0 Å². The van der Waals surface area contributed by atoms with Crippen molar-refractivity contribution in [3.05, 3.63) is 29.8 Å². The topological polar surface area (TPSA) is 161 Å². The zero-order valence-corrected chi connectivity index (χ0v) is 19.0. The van der Waals surface area contributed by atoms with Crippen LogP contribution in [0.2, 0.25) is 0 Å². The van der Waals surface area contributed by atoms with E-state index >= 15 is 0 Å². The number of benzene rings is 1. The first-order chi connectivity index (χ1) is 14.4. The van der Waals surface area contributed by atoms with Crippen molar-refractivity contribution in [2.45, 2.75) is 50.0 Å². The quantitative estimate of drug-likeness (QED) is 0.231. The lowest BCUT2D eigenvalue weighted by Crippen LogP contribution is -2.39. The van der Waals surface area contributed by atoms with Crippen molar-refractivity contribution >= 4 is 41.2 Å². The van der Waals surface area contributed by atoms with Crippen LogP contribution in [-0.4, -0.2) is 52.7 Å². The van der Waals surface area contributed by atoms with Gasteiger partial charge < -0.3 is 26.8 Å². The van der Waals surface area contributed by atoms with E-state index in [1.807, 2.05) is 0 Å². The molecule has 1 aromatic rings. The molecule has 170 valence electrons. The predicted molar refractivity (Wildman–Crippen MR) is 121 cm³/mol. The van der Waals surface area contributed by atoms with Gasteiger partial charge in [0.05, 0.1) is 6.42 Å². The molecular weight excluding hydrogens is 420 g/mol. The van der Waals surface area contributed by atoms with E-state index in [4.69, 9.17) is 16.2 Å². The number of thioether (sulfide) groups is 1. The predicted octanol–water partition coefficient (Wildman–Crippen LogP) is 0.739. The van der Waals surface area contributed by atoms with Crippen molar-refractivity contribution in [3.8, 4) is 0 Å².